The van der Waals surface area contributed by atoms with Crippen LogP contribution in [0.1, 0.15) is 45.1 Å². The van der Waals surface area contributed by atoms with Crippen molar-refractivity contribution in [3.63, 3.8) is 0 Å². The Kier molecular flexibility index (Phi) is 6.19. The first-order valence-electron chi connectivity index (χ1n) is 11.0. The maximum absolute atomic E-state index is 11.8. The Balaban J connectivity index is 1.87. The summed E-state index contributed by atoms with van der Waals surface area (Å²) < 4.78 is 4.80. The van der Waals surface area contributed by atoms with Gasteiger partial charge in [-0.25, -0.2) is 4.79 Å². The van der Waals surface area contributed by atoms with E-state index in [9.17, 15) is 4.79 Å². The highest BCUT2D eigenvalue weighted by Crippen LogP contribution is 2.35. The molecule has 0 atom stereocenters. The van der Waals surface area contributed by atoms with Crippen molar-refractivity contribution in [3.8, 4) is 11.3 Å². The van der Waals surface area contributed by atoms with Crippen molar-refractivity contribution in [3.05, 3.63) is 94.0 Å². The van der Waals surface area contributed by atoms with Crippen molar-refractivity contribution >= 4 is 28.5 Å². The zero-order valence-corrected chi connectivity index (χ0v) is 19.2. The monoisotopic (exact) mass is 453 g/mol. The number of hydrogen-bond donors (Lipinski definition) is 5. The molecule has 0 unspecified atom stereocenters. The Labute approximate surface area is 197 Å². The van der Waals surface area contributed by atoms with Gasteiger partial charge in [0.25, 0.3) is 0 Å². The Hall–Kier alpha value is -4.39. The summed E-state index contributed by atoms with van der Waals surface area (Å²) in [6, 6.07) is 18.9. The third-order valence-electron chi connectivity index (χ3n) is 6.04. The van der Waals surface area contributed by atoms with E-state index < -0.39 is 0 Å². The third kappa shape index (κ3) is 4.28. The third-order valence-corrected chi connectivity index (χ3v) is 6.04. The summed E-state index contributed by atoms with van der Waals surface area (Å²) in [7, 11) is 1.37. The number of benzene rings is 3. The molecule has 0 aliphatic heterocycles. The summed E-state index contributed by atoms with van der Waals surface area (Å²) in [6.45, 7) is 2.07. The number of nitrogens with one attached hydrogen (secondary N) is 3. The molecule has 0 spiro atoms. The lowest BCUT2D eigenvalue weighted by molar-refractivity contribution is 0.0600. The number of aryl methyl sites for hydroxylation is 1. The molecule has 0 amide bonds. The van der Waals surface area contributed by atoms with E-state index in [0.29, 0.717) is 23.1 Å². The molecule has 1 heterocycles. The first kappa shape index (κ1) is 22.8. The number of aromatic amines is 1. The molecule has 7 nitrogen and oxygen atoms in total. The topological polar surface area (TPSA) is 142 Å². The van der Waals surface area contributed by atoms with E-state index >= 15 is 0 Å². The Morgan fingerprint density at radius 2 is 1.53 bits per heavy atom. The first-order chi connectivity index (χ1) is 16.3. The second kappa shape index (κ2) is 9.23. The predicted molar refractivity (Wildman–Crippen MR) is 136 cm³/mol. The van der Waals surface area contributed by atoms with Crippen molar-refractivity contribution in [2.45, 2.75) is 19.8 Å². The van der Waals surface area contributed by atoms with Crippen LogP contribution < -0.4 is 11.5 Å². The molecule has 4 aromatic rings. The lowest BCUT2D eigenvalue weighted by Gasteiger charge is -2.12. The maximum atomic E-state index is 11.8. The number of carbonyl (C=O) groups is 1. The van der Waals surface area contributed by atoms with E-state index in [4.69, 9.17) is 27.0 Å². The summed E-state index contributed by atoms with van der Waals surface area (Å²) in [5.74, 6) is -0.317. The van der Waals surface area contributed by atoms with E-state index in [1.165, 1.54) is 7.11 Å². The number of hydrogen-bond acceptors (Lipinski definition) is 4. The van der Waals surface area contributed by atoms with Gasteiger partial charge in [-0.15, -0.1) is 0 Å². The van der Waals surface area contributed by atoms with Gasteiger partial charge in [-0.1, -0.05) is 43.3 Å². The second-order valence-corrected chi connectivity index (χ2v) is 8.16. The van der Waals surface area contributed by atoms with Crippen LogP contribution in [0.25, 0.3) is 22.2 Å². The van der Waals surface area contributed by atoms with E-state index in [1.807, 2.05) is 48.5 Å². The molecule has 0 radical (unpaired) electrons. The molecule has 34 heavy (non-hydrogen) atoms. The van der Waals surface area contributed by atoms with Crippen molar-refractivity contribution in [1.82, 2.24) is 4.98 Å². The highest BCUT2D eigenvalue weighted by molar-refractivity contribution is 6.01. The molecule has 4 rings (SSSR count). The number of esters is 1. The van der Waals surface area contributed by atoms with Crippen LogP contribution in [0, 0.1) is 10.8 Å². The van der Waals surface area contributed by atoms with Gasteiger partial charge in [0.2, 0.25) is 0 Å². The molecular weight excluding hydrogens is 426 g/mol. The molecule has 3 aromatic carbocycles. The van der Waals surface area contributed by atoms with Gasteiger partial charge in [0.15, 0.2) is 0 Å². The normalized spacial score (nSPS) is 10.9. The standard InChI is InChI=1S/C27H27N5O2/c1-3-16-13-18(25(28)29)8-10-20(16)24-22(12-15-4-6-17(7-5-15)27(33)34-2)21-11-9-19(26(30)31)14-23(21)32-24/h4-11,13-14,32H,3,12H2,1-2H3,(H3,28,29)(H3,30,31). The van der Waals surface area contributed by atoms with E-state index in [0.717, 1.165) is 45.3 Å². The molecule has 7 heteroatoms. The van der Waals surface area contributed by atoms with Gasteiger partial charge in [-0.05, 0) is 47.4 Å². The zero-order valence-electron chi connectivity index (χ0n) is 19.2. The summed E-state index contributed by atoms with van der Waals surface area (Å²) in [5.41, 5.74) is 19.4. The largest absolute Gasteiger partial charge is 0.465 e. The average molecular weight is 454 g/mol. The number of rotatable bonds is 7. The number of H-pyrrole nitrogens is 1. The molecule has 0 bridgehead atoms. The van der Waals surface area contributed by atoms with E-state index in [-0.39, 0.29) is 17.6 Å². The fourth-order valence-electron chi connectivity index (χ4n) is 4.21. The number of nitrogen functional groups attached to an aromatic ring is 2. The fourth-order valence-corrected chi connectivity index (χ4v) is 4.21. The van der Waals surface area contributed by atoms with E-state index in [2.05, 4.69) is 11.9 Å². The van der Waals surface area contributed by atoms with Crippen molar-refractivity contribution < 1.29 is 9.53 Å². The van der Waals surface area contributed by atoms with Crippen LogP contribution in [0.3, 0.4) is 0 Å². The van der Waals surface area contributed by atoms with Crippen LogP contribution >= 0.6 is 0 Å². The second-order valence-electron chi connectivity index (χ2n) is 8.16. The summed E-state index contributed by atoms with van der Waals surface area (Å²) in [6.07, 6.45) is 1.41. The molecule has 0 saturated carbocycles. The lowest BCUT2D eigenvalue weighted by atomic mass is 9.93. The van der Waals surface area contributed by atoms with Crippen LogP contribution in [-0.4, -0.2) is 29.7 Å². The van der Waals surface area contributed by atoms with Gasteiger partial charge >= 0.3 is 5.97 Å². The number of carbonyl (C=O) groups excluding carboxylic acids is 1. The summed E-state index contributed by atoms with van der Waals surface area (Å²) in [5, 5.41) is 16.6. The van der Waals surface area contributed by atoms with Gasteiger partial charge in [-0.3, -0.25) is 10.8 Å². The van der Waals surface area contributed by atoms with E-state index in [1.54, 1.807) is 12.1 Å². The predicted octanol–water partition coefficient (Wildman–Crippen LogP) is 4.34. The molecule has 1 aromatic heterocycles. The van der Waals surface area contributed by atoms with Gasteiger partial charge in [0.1, 0.15) is 11.7 Å². The minimum absolute atomic E-state index is 0.0121. The highest BCUT2D eigenvalue weighted by Gasteiger charge is 2.18. The molecule has 172 valence electrons. The Bertz CT molecular complexity index is 1420. The molecule has 0 aliphatic rings. The minimum atomic E-state index is -0.366. The molecule has 0 fully saturated rings. The molecular formula is C27H27N5O2. The average Bonchev–Trinajstić information content (AvgIpc) is 3.20. The Morgan fingerprint density at radius 3 is 2.15 bits per heavy atom. The van der Waals surface area contributed by atoms with Gasteiger partial charge < -0.3 is 21.2 Å². The Morgan fingerprint density at radius 1 is 0.912 bits per heavy atom. The maximum Gasteiger partial charge on any atom is 0.337 e. The van der Waals surface area contributed by atoms with Gasteiger partial charge in [0, 0.05) is 34.0 Å². The minimum Gasteiger partial charge on any atom is -0.465 e. The number of ether oxygens (including phenoxy) is 1. The summed E-state index contributed by atoms with van der Waals surface area (Å²) in [4.78, 5) is 15.4. The smallest absolute Gasteiger partial charge is 0.337 e. The quantitative estimate of drug-likeness (QED) is 0.161. The highest BCUT2D eigenvalue weighted by atomic mass is 16.5. The van der Waals surface area contributed by atoms with Crippen LogP contribution in [0.15, 0.2) is 60.7 Å². The molecule has 7 N–H and O–H groups in total. The molecule has 0 aliphatic carbocycles. The number of nitrogens with two attached hydrogens (primary N) is 2. The number of amidine groups is 2. The number of aromatic nitrogens is 1. The van der Waals surface area contributed by atoms with Crippen molar-refractivity contribution in [2.24, 2.45) is 11.5 Å². The summed E-state index contributed by atoms with van der Waals surface area (Å²) >= 11 is 0. The number of methoxy groups -OCH3 is 1. The van der Waals surface area contributed by atoms with Gasteiger partial charge in [0.05, 0.1) is 18.4 Å². The number of fused-ring (bicyclic) bond motifs is 1. The lowest BCUT2D eigenvalue weighted by Crippen LogP contribution is -2.11. The van der Waals surface area contributed by atoms with Crippen molar-refractivity contribution in [2.75, 3.05) is 7.11 Å². The van der Waals surface area contributed by atoms with Crippen LogP contribution in [0.4, 0.5) is 0 Å². The van der Waals surface area contributed by atoms with Crippen LogP contribution in [0.5, 0.6) is 0 Å². The van der Waals surface area contributed by atoms with Gasteiger partial charge in [-0.2, -0.15) is 0 Å². The SMILES string of the molecule is CCc1cc(C(=N)N)ccc1-c1[nH]c2cc(C(=N)N)ccc2c1Cc1ccc(C(=O)OC)cc1. The molecule has 0 saturated heterocycles. The zero-order chi connectivity index (χ0) is 24.4. The van der Waals surface area contributed by atoms with Crippen LogP contribution in [-0.2, 0) is 17.6 Å². The van der Waals surface area contributed by atoms with Crippen LogP contribution in [0.2, 0.25) is 0 Å². The fraction of sp³-hybridized carbons (Fsp3) is 0.148. The van der Waals surface area contributed by atoms with Crippen molar-refractivity contribution in [1.29, 1.82) is 10.8 Å². The first-order valence-corrected chi connectivity index (χ1v) is 11.0.